The number of nitrogens with zero attached hydrogens (tertiary/aromatic N) is 1. The van der Waals surface area contributed by atoms with Gasteiger partial charge in [-0.2, -0.15) is 0 Å². The highest BCUT2D eigenvalue weighted by Crippen LogP contribution is 2.29. The number of benzene rings is 1. The molecule has 2 atom stereocenters. The van der Waals surface area contributed by atoms with Crippen molar-refractivity contribution in [2.45, 2.75) is 135 Å². The number of aromatic amines is 1. The topological polar surface area (TPSA) is 19.7 Å². The van der Waals surface area contributed by atoms with E-state index in [2.05, 4.69) is 72.5 Å². The molecule has 0 bridgehead atoms. The van der Waals surface area contributed by atoms with E-state index >= 15 is 0 Å². The molecule has 1 N–H and O–H groups in total. The number of nitrogens with one attached hydrogen (secondary N) is 1. The van der Waals surface area contributed by atoms with E-state index in [-0.39, 0.29) is 0 Å². The van der Waals surface area contributed by atoms with Gasteiger partial charge in [-0.15, -0.1) is 0 Å². The van der Waals surface area contributed by atoms with Gasteiger partial charge in [-0.05, 0) is 31.2 Å². The van der Waals surface area contributed by atoms with Crippen LogP contribution in [0, 0.1) is 5.92 Å². The van der Waals surface area contributed by atoms with Gasteiger partial charge in [0.15, 0.2) is 0 Å². The Hall–Kier alpha value is -1.57. The van der Waals surface area contributed by atoms with Crippen LogP contribution in [0.25, 0.3) is 0 Å². The fourth-order valence-corrected chi connectivity index (χ4v) is 5.33. The van der Waals surface area contributed by atoms with Crippen molar-refractivity contribution in [2.24, 2.45) is 5.92 Å². The van der Waals surface area contributed by atoms with E-state index in [1.807, 2.05) is 0 Å². The van der Waals surface area contributed by atoms with Gasteiger partial charge in [0.25, 0.3) is 0 Å². The Bertz CT molecular complexity index is 649. The van der Waals surface area contributed by atoms with Crippen LogP contribution in [-0.4, -0.2) is 4.98 Å². The van der Waals surface area contributed by atoms with Crippen LogP contribution in [-0.2, 0) is 6.42 Å². The molecule has 0 radical (unpaired) electrons. The molecule has 1 heterocycles. The van der Waals surface area contributed by atoms with Gasteiger partial charge >= 0.3 is 0 Å². The van der Waals surface area contributed by atoms with Gasteiger partial charge in [0, 0.05) is 5.92 Å². The van der Waals surface area contributed by atoms with Gasteiger partial charge in [-0.3, -0.25) is 4.98 Å². The number of H-pyrrole nitrogens is 1. The average molecular weight is 454 g/mol. The predicted octanol–water partition coefficient (Wildman–Crippen LogP) is 9.37. The summed E-state index contributed by atoms with van der Waals surface area (Å²) in [5, 5.41) is 0. The van der Waals surface area contributed by atoms with Crippen molar-refractivity contribution in [3.63, 3.8) is 0 Å². The number of unbranched alkanes of at least 4 members (excludes halogenated alkanes) is 13. The Morgan fingerprint density at radius 2 is 1.21 bits per heavy atom. The Morgan fingerprint density at radius 1 is 0.667 bits per heavy atom. The number of hydrogen-bond donors (Lipinski definition) is 1. The standard InChI is InChI=1S/C31H52N2/c1-3-5-7-9-10-11-12-13-14-15-19-23-30(27-29-21-17-16-18-22-29)31(24-20-8-6-4-2)33-26-25-32-28-33/h16-18,21-22,25-26,28,30-31H,3-15,19-20,23-24,27H2,1-2H3/p+1. The lowest BCUT2D eigenvalue weighted by molar-refractivity contribution is -0.730. The van der Waals surface area contributed by atoms with Crippen LogP contribution in [0.2, 0.25) is 0 Å². The second-order valence-corrected chi connectivity index (χ2v) is 10.2. The zero-order chi connectivity index (χ0) is 23.4. The normalized spacial score (nSPS) is 13.3. The highest BCUT2D eigenvalue weighted by Gasteiger charge is 2.26. The maximum absolute atomic E-state index is 3.31. The van der Waals surface area contributed by atoms with E-state index in [0.717, 1.165) is 0 Å². The summed E-state index contributed by atoms with van der Waals surface area (Å²) in [4.78, 5) is 3.31. The highest BCUT2D eigenvalue weighted by molar-refractivity contribution is 5.15. The van der Waals surface area contributed by atoms with Crippen molar-refractivity contribution in [3.05, 3.63) is 54.6 Å². The van der Waals surface area contributed by atoms with E-state index in [9.17, 15) is 0 Å². The Balaban J connectivity index is 1.81. The van der Waals surface area contributed by atoms with Crippen molar-refractivity contribution >= 4 is 0 Å². The van der Waals surface area contributed by atoms with Crippen LogP contribution < -0.4 is 4.57 Å². The fraction of sp³-hybridized carbons (Fsp3) is 0.710. The van der Waals surface area contributed by atoms with Crippen LogP contribution in [0.3, 0.4) is 0 Å². The maximum atomic E-state index is 3.31. The minimum absolute atomic E-state index is 0.608. The summed E-state index contributed by atoms with van der Waals surface area (Å²) in [5.74, 6) is 0.716. The predicted molar refractivity (Wildman–Crippen MR) is 143 cm³/mol. The first-order valence-corrected chi connectivity index (χ1v) is 14.4. The number of hydrogen-bond acceptors (Lipinski definition) is 0. The Labute approximate surface area is 205 Å². The third-order valence-corrected chi connectivity index (χ3v) is 7.37. The molecular formula is C31H53N2+. The van der Waals surface area contributed by atoms with Gasteiger partial charge in [0.2, 0.25) is 6.33 Å². The number of aromatic nitrogens is 2. The van der Waals surface area contributed by atoms with Gasteiger partial charge in [0.1, 0.15) is 18.4 Å². The molecule has 0 amide bonds. The molecule has 0 aliphatic carbocycles. The lowest BCUT2D eigenvalue weighted by Gasteiger charge is -2.25. The second kappa shape index (κ2) is 18.8. The molecule has 1 aromatic heterocycles. The molecule has 186 valence electrons. The van der Waals surface area contributed by atoms with Gasteiger partial charge in [-0.25, -0.2) is 4.57 Å². The number of imidazole rings is 1. The Kier molecular flexibility index (Phi) is 15.8. The summed E-state index contributed by atoms with van der Waals surface area (Å²) in [6.07, 6.45) is 31.4. The molecule has 0 aliphatic heterocycles. The highest BCUT2D eigenvalue weighted by atomic mass is 15.1. The van der Waals surface area contributed by atoms with E-state index in [1.165, 1.54) is 121 Å². The number of rotatable bonds is 21. The zero-order valence-corrected chi connectivity index (χ0v) is 21.9. The van der Waals surface area contributed by atoms with Crippen molar-refractivity contribution in [2.75, 3.05) is 0 Å². The van der Waals surface area contributed by atoms with E-state index in [1.54, 1.807) is 0 Å². The first kappa shape index (κ1) is 27.7. The molecule has 2 heteroatoms. The monoisotopic (exact) mass is 453 g/mol. The molecule has 0 saturated carbocycles. The molecule has 2 nitrogen and oxygen atoms in total. The summed E-state index contributed by atoms with van der Waals surface area (Å²) in [5.41, 5.74) is 1.50. The van der Waals surface area contributed by atoms with Gasteiger partial charge < -0.3 is 0 Å². The quantitative estimate of drug-likeness (QED) is 0.143. The lowest BCUT2D eigenvalue weighted by atomic mass is 9.84. The molecule has 1 aromatic carbocycles. The summed E-state index contributed by atoms with van der Waals surface area (Å²) >= 11 is 0. The van der Waals surface area contributed by atoms with E-state index in [4.69, 9.17) is 0 Å². The van der Waals surface area contributed by atoms with Gasteiger partial charge in [0.05, 0.1) is 0 Å². The first-order chi connectivity index (χ1) is 16.3. The maximum Gasteiger partial charge on any atom is 0.241 e. The van der Waals surface area contributed by atoms with Crippen molar-refractivity contribution in [1.29, 1.82) is 0 Å². The summed E-state index contributed by atoms with van der Waals surface area (Å²) < 4.78 is 2.47. The molecule has 33 heavy (non-hydrogen) atoms. The molecule has 0 fully saturated rings. The largest absolute Gasteiger partial charge is 0.250 e. The molecular weight excluding hydrogens is 400 g/mol. The SMILES string of the molecule is CCCCCCCCCCCCCC(Cc1ccccc1)C(CCCCCC)[n+]1cc[nH]c1. The molecule has 0 spiro atoms. The molecule has 0 aliphatic rings. The van der Waals surface area contributed by atoms with E-state index in [0.29, 0.717) is 12.0 Å². The van der Waals surface area contributed by atoms with Crippen LogP contribution in [0.4, 0.5) is 0 Å². The fourth-order valence-electron chi connectivity index (χ4n) is 5.33. The van der Waals surface area contributed by atoms with Crippen molar-refractivity contribution in [3.8, 4) is 0 Å². The molecule has 2 rings (SSSR count). The zero-order valence-electron chi connectivity index (χ0n) is 21.9. The van der Waals surface area contributed by atoms with Crippen molar-refractivity contribution in [1.82, 2.24) is 4.98 Å². The molecule has 2 aromatic rings. The first-order valence-electron chi connectivity index (χ1n) is 14.4. The minimum Gasteiger partial charge on any atom is -0.250 e. The smallest absolute Gasteiger partial charge is 0.241 e. The molecule has 0 saturated heterocycles. The van der Waals surface area contributed by atoms with Crippen molar-refractivity contribution < 1.29 is 4.57 Å². The van der Waals surface area contributed by atoms with Crippen LogP contribution in [0.5, 0.6) is 0 Å². The van der Waals surface area contributed by atoms with Crippen LogP contribution in [0.1, 0.15) is 135 Å². The minimum atomic E-state index is 0.608. The summed E-state index contributed by atoms with van der Waals surface area (Å²) in [6, 6.07) is 11.8. The summed E-state index contributed by atoms with van der Waals surface area (Å²) in [7, 11) is 0. The third-order valence-electron chi connectivity index (χ3n) is 7.37. The lowest BCUT2D eigenvalue weighted by Crippen LogP contribution is -2.42. The van der Waals surface area contributed by atoms with Crippen LogP contribution >= 0.6 is 0 Å². The average Bonchev–Trinajstić information content (AvgIpc) is 3.37. The molecule has 2 unspecified atom stereocenters. The third kappa shape index (κ3) is 12.5. The van der Waals surface area contributed by atoms with E-state index < -0.39 is 0 Å². The summed E-state index contributed by atoms with van der Waals surface area (Å²) in [6.45, 7) is 4.61. The van der Waals surface area contributed by atoms with Crippen LogP contribution in [0.15, 0.2) is 49.1 Å². The van der Waals surface area contributed by atoms with Gasteiger partial charge in [-0.1, -0.05) is 134 Å². The second-order valence-electron chi connectivity index (χ2n) is 10.2. The Morgan fingerprint density at radius 3 is 1.79 bits per heavy atom.